The number of aliphatic hydroxyl groups excluding tert-OH is 1. The monoisotopic (exact) mass is 313 g/mol. The van der Waals surface area contributed by atoms with E-state index < -0.39 is 0 Å². The Kier molecular flexibility index (Phi) is 18.9. The lowest BCUT2D eigenvalue weighted by molar-refractivity contribution is 0.180. The number of nitrogens with one attached hydrogen (secondary N) is 1. The molecule has 0 rings (SSSR count). The molecule has 2 heteroatoms. The van der Waals surface area contributed by atoms with Crippen molar-refractivity contribution >= 4 is 0 Å². The largest absolute Gasteiger partial charge is 0.393 e. The van der Waals surface area contributed by atoms with E-state index in [2.05, 4.69) is 12.2 Å². The lowest BCUT2D eigenvalue weighted by Gasteiger charge is -2.05. The smallest absolute Gasteiger partial charge is 0.0512 e. The Balaban J connectivity index is 2.94. The zero-order valence-electron chi connectivity index (χ0n) is 15.5. The highest BCUT2D eigenvalue weighted by atomic mass is 16.3. The first-order valence-electron chi connectivity index (χ1n) is 10.2. The third-order valence-corrected chi connectivity index (χ3v) is 4.48. The molecule has 0 bridgehead atoms. The molecular weight excluding hydrogens is 270 g/mol. The summed E-state index contributed by atoms with van der Waals surface area (Å²) in [5, 5.41) is 12.6. The van der Waals surface area contributed by atoms with Gasteiger partial charge in [0.15, 0.2) is 0 Å². The molecule has 0 aliphatic carbocycles. The van der Waals surface area contributed by atoms with Crippen molar-refractivity contribution in [2.24, 2.45) is 0 Å². The van der Waals surface area contributed by atoms with Crippen molar-refractivity contribution in [1.82, 2.24) is 5.32 Å². The van der Waals surface area contributed by atoms with E-state index in [1.807, 2.05) is 6.92 Å². The summed E-state index contributed by atoms with van der Waals surface area (Å²) >= 11 is 0. The number of unbranched alkanes of at least 4 members (excludes halogenated alkanes) is 13. The molecule has 0 fully saturated rings. The molecule has 134 valence electrons. The SMILES string of the molecule is CCNCCCCCCCCCCCCCCCCC(C)O. The van der Waals surface area contributed by atoms with Crippen LogP contribution in [0.1, 0.15) is 110 Å². The van der Waals surface area contributed by atoms with E-state index in [9.17, 15) is 5.11 Å². The van der Waals surface area contributed by atoms with Gasteiger partial charge in [-0.05, 0) is 32.9 Å². The fourth-order valence-corrected chi connectivity index (χ4v) is 2.99. The minimum Gasteiger partial charge on any atom is -0.393 e. The van der Waals surface area contributed by atoms with Gasteiger partial charge in [0.2, 0.25) is 0 Å². The van der Waals surface area contributed by atoms with Gasteiger partial charge in [-0.1, -0.05) is 90.4 Å². The molecule has 0 heterocycles. The molecule has 2 nitrogen and oxygen atoms in total. The van der Waals surface area contributed by atoms with E-state index in [4.69, 9.17) is 0 Å². The van der Waals surface area contributed by atoms with Crippen LogP contribution in [-0.2, 0) is 0 Å². The quantitative estimate of drug-likeness (QED) is 0.312. The van der Waals surface area contributed by atoms with Gasteiger partial charge in [-0.25, -0.2) is 0 Å². The van der Waals surface area contributed by atoms with Crippen LogP contribution in [0.15, 0.2) is 0 Å². The molecule has 0 aromatic rings. The predicted octanol–water partition coefficient (Wildman–Crippen LogP) is 5.83. The van der Waals surface area contributed by atoms with E-state index in [0.29, 0.717) is 0 Å². The first-order valence-corrected chi connectivity index (χ1v) is 10.2. The Morgan fingerprint density at radius 1 is 0.636 bits per heavy atom. The standard InChI is InChI=1S/C20H43NO/c1-3-21-19-17-15-13-11-9-7-5-4-6-8-10-12-14-16-18-20(2)22/h20-22H,3-19H2,1-2H3. The Morgan fingerprint density at radius 2 is 1.00 bits per heavy atom. The minimum atomic E-state index is -0.104. The van der Waals surface area contributed by atoms with Gasteiger partial charge >= 0.3 is 0 Å². The van der Waals surface area contributed by atoms with Gasteiger partial charge in [-0.2, -0.15) is 0 Å². The van der Waals surface area contributed by atoms with Crippen molar-refractivity contribution in [1.29, 1.82) is 0 Å². The average molecular weight is 314 g/mol. The van der Waals surface area contributed by atoms with Crippen LogP contribution in [0.5, 0.6) is 0 Å². The minimum absolute atomic E-state index is 0.104. The van der Waals surface area contributed by atoms with Crippen LogP contribution in [-0.4, -0.2) is 24.3 Å². The molecule has 0 saturated carbocycles. The first-order chi connectivity index (χ1) is 10.8. The van der Waals surface area contributed by atoms with Gasteiger partial charge in [-0.3, -0.25) is 0 Å². The summed E-state index contributed by atoms with van der Waals surface area (Å²) in [7, 11) is 0. The molecule has 0 spiro atoms. The maximum atomic E-state index is 9.18. The van der Waals surface area contributed by atoms with Crippen molar-refractivity contribution in [2.75, 3.05) is 13.1 Å². The van der Waals surface area contributed by atoms with Gasteiger partial charge in [0.1, 0.15) is 0 Å². The average Bonchev–Trinajstić information content (AvgIpc) is 2.50. The topological polar surface area (TPSA) is 32.3 Å². The summed E-state index contributed by atoms with van der Waals surface area (Å²) in [6.07, 6.45) is 20.4. The number of rotatable bonds is 18. The summed E-state index contributed by atoms with van der Waals surface area (Å²) in [5.41, 5.74) is 0. The van der Waals surface area contributed by atoms with Crippen LogP contribution in [0.4, 0.5) is 0 Å². The van der Waals surface area contributed by atoms with Gasteiger partial charge < -0.3 is 10.4 Å². The zero-order chi connectivity index (χ0) is 16.3. The third kappa shape index (κ3) is 19.9. The van der Waals surface area contributed by atoms with E-state index in [1.54, 1.807) is 0 Å². The normalized spacial score (nSPS) is 12.7. The molecule has 0 aromatic carbocycles. The van der Waals surface area contributed by atoms with Gasteiger partial charge in [0.25, 0.3) is 0 Å². The van der Waals surface area contributed by atoms with Crippen LogP contribution in [0, 0.1) is 0 Å². The highest BCUT2D eigenvalue weighted by Gasteiger charge is 1.96. The fraction of sp³-hybridized carbons (Fsp3) is 1.00. The summed E-state index contributed by atoms with van der Waals surface area (Å²) in [5.74, 6) is 0. The van der Waals surface area contributed by atoms with E-state index in [-0.39, 0.29) is 6.10 Å². The fourth-order valence-electron chi connectivity index (χ4n) is 2.99. The van der Waals surface area contributed by atoms with Crippen molar-refractivity contribution < 1.29 is 5.11 Å². The number of hydrogen-bond donors (Lipinski definition) is 2. The van der Waals surface area contributed by atoms with Crippen LogP contribution in [0.2, 0.25) is 0 Å². The highest BCUT2D eigenvalue weighted by Crippen LogP contribution is 2.13. The summed E-state index contributed by atoms with van der Waals surface area (Å²) in [6, 6.07) is 0. The van der Waals surface area contributed by atoms with Gasteiger partial charge in [-0.15, -0.1) is 0 Å². The Bertz CT molecular complexity index is 194. The van der Waals surface area contributed by atoms with Crippen molar-refractivity contribution in [3.05, 3.63) is 0 Å². The van der Waals surface area contributed by atoms with E-state index in [1.165, 1.54) is 96.4 Å². The second-order valence-electron chi connectivity index (χ2n) is 6.94. The molecular formula is C20H43NO. The second kappa shape index (κ2) is 19.0. The van der Waals surface area contributed by atoms with Gasteiger partial charge in [0.05, 0.1) is 6.10 Å². The number of aliphatic hydroxyl groups is 1. The summed E-state index contributed by atoms with van der Waals surface area (Å²) in [6.45, 7) is 6.39. The highest BCUT2D eigenvalue weighted by molar-refractivity contribution is 4.52. The lowest BCUT2D eigenvalue weighted by atomic mass is 10.0. The molecule has 1 unspecified atom stereocenters. The van der Waals surface area contributed by atoms with Crippen LogP contribution >= 0.6 is 0 Å². The van der Waals surface area contributed by atoms with Gasteiger partial charge in [0, 0.05) is 0 Å². The Labute approximate surface area is 140 Å². The van der Waals surface area contributed by atoms with Crippen molar-refractivity contribution in [2.45, 2.75) is 116 Å². The third-order valence-electron chi connectivity index (χ3n) is 4.48. The van der Waals surface area contributed by atoms with Crippen molar-refractivity contribution in [3.63, 3.8) is 0 Å². The Morgan fingerprint density at radius 3 is 1.36 bits per heavy atom. The predicted molar refractivity (Wildman–Crippen MR) is 99.5 cm³/mol. The zero-order valence-corrected chi connectivity index (χ0v) is 15.5. The molecule has 0 aliphatic heterocycles. The number of hydrogen-bond acceptors (Lipinski definition) is 2. The van der Waals surface area contributed by atoms with Crippen LogP contribution in [0.3, 0.4) is 0 Å². The Hall–Kier alpha value is -0.0800. The molecule has 0 saturated heterocycles. The summed E-state index contributed by atoms with van der Waals surface area (Å²) in [4.78, 5) is 0. The first kappa shape index (κ1) is 21.9. The maximum Gasteiger partial charge on any atom is 0.0512 e. The van der Waals surface area contributed by atoms with E-state index in [0.717, 1.165) is 13.0 Å². The van der Waals surface area contributed by atoms with Crippen LogP contribution < -0.4 is 5.32 Å². The maximum absolute atomic E-state index is 9.18. The summed E-state index contributed by atoms with van der Waals surface area (Å²) < 4.78 is 0. The molecule has 2 N–H and O–H groups in total. The second-order valence-corrected chi connectivity index (χ2v) is 6.94. The molecule has 0 amide bonds. The lowest BCUT2D eigenvalue weighted by Crippen LogP contribution is -2.13. The van der Waals surface area contributed by atoms with Crippen molar-refractivity contribution in [3.8, 4) is 0 Å². The molecule has 0 radical (unpaired) electrons. The molecule has 0 aliphatic rings. The molecule has 1 atom stereocenters. The molecule has 0 aromatic heterocycles. The van der Waals surface area contributed by atoms with E-state index >= 15 is 0 Å². The van der Waals surface area contributed by atoms with Crippen LogP contribution in [0.25, 0.3) is 0 Å². The molecule has 22 heavy (non-hydrogen) atoms.